The second-order valence-corrected chi connectivity index (χ2v) is 11.3. The maximum Gasteiger partial charge on any atom is 0.410 e. The molecule has 0 aromatic heterocycles. The molecule has 0 bridgehead atoms. The van der Waals surface area contributed by atoms with Gasteiger partial charge < -0.3 is 9.84 Å². The molecule has 2 aliphatic heterocycles. The molecule has 2 amide bonds. The van der Waals surface area contributed by atoms with Crippen molar-refractivity contribution >= 4 is 29.7 Å². The topological polar surface area (TPSA) is 112 Å². The number of ether oxygens (including phenoxy) is 1. The van der Waals surface area contributed by atoms with Gasteiger partial charge in [-0.2, -0.15) is 5.26 Å². The Morgan fingerprint density at radius 3 is 2.59 bits per heavy atom. The monoisotopic (exact) mass is 650 g/mol. The Bertz CT molecular complexity index is 1700. The predicted octanol–water partition coefficient (Wildman–Crippen LogP) is 6.40. The smallest absolute Gasteiger partial charge is 0.410 e. The lowest BCUT2D eigenvalue weighted by Crippen LogP contribution is -2.48. The van der Waals surface area contributed by atoms with Gasteiger partial charge in [0.2, 0.25) is 5.91 Å². The number of benzene rings is 3. The first kappa shape index (κ1) is 32.5. The Morgan fingerprint density at radius 2 is 1.89 bits per heavy atom. The molecule has 240 valence electrons. The second-order valence-electron chi connectivity index (χ2n) is 11.0. The van der Waals surface area contributed by atoms with E-state index in [2.05, 4.69) is 11.5 Å². The van der Waals surface area contributed by atoms with Crippen molar-refractivity contribution in [2.45, 2.75) is 51.2 Å². The van der Waals surface area contributed by atoms with Crippen molar-refractivity contribution in [3.63, 3.8) is 0 Å². The Morgan fingerprint density at radius 1 is 1.13 bits per heavy atom. The molecule has 2 atom stereocenters. The highest BCUT2D eigenvalue weighted by molar-refractivity contribution is 6.31. The van der Waals surface area contributed by atoms with Crippen LogP contribution in [0.5, 0.6) is 5.75 Å². The Labute approximate surface area is 270 Å². The Hall–Kier alpha value is -4.86. The van der Waals surface area contributed by atoms with Gasteiger partial charge in [-0.1, -0.05) is 61.3 Å². The van der Waals surface area contributed by atoms with Crippen LogP contribution < -0.4 is 10.1 Å². The van der Waals surface area contributed by atoms with Gasteiger partial charge in [-0.05, 0) is 66.3 Å². The van der Waals surface area contributed by atoms with Gasteiger partial charge in [0.25, 0.3) is 0 Å². The summed E-state index contributed by atoms with van der Waals surface area (Å²) in [4.78, 5) is 25.2. The predicted molar refractivity (Wildman–Crippen MR) is 166 cm³/mol. The third-order valence-corrected chi connectivity index (χ3v) is 8.64. The van der Waals surface area contributed by atoms with Gasteiger partial charge in [-0.15, -0.1) is 5.01 Å². The maximum absolute atomic E-state index is 16.0. The van der Waals surface area contributed by atoms with Gasteiger partial charge in [-0.25, -0.2) is 18.6 Å². The zero-order valence-corrected chi connectivity index (χ0v) is 26.1. The molecule has 2 heterocycles. The van der Waals surface area contributed by atoms with Crippen LogP contribution in [0, 0.1) is 23.1 Å². The van der Waals surface area contributed by atoms with E-state index in [1.165, 1.54) is 46.3 Å². The first-order valence-electron chi connectivity index (χ1n) is 14.8. The van der Waals surface area contributed by atoms with Crippen molar-refractivity contribution in [2.75, 3.05) is 13.8 Å². The molecule has 46 heavy (non-hydrogen) atoms. The van der Waals surface area contributed by atoms with Gasteiger partial charge in [-0.3, -0.25) is 20.1 Å². The molecule has 2 N–H and O–H groups in total. The third-order valence-electron chi connectivity index (χ3n) is 8.21. The fourth-order valence-corrected chi connectivity index (χ4v) is 6.05. The Balaban J connectivity index is 1.48. The average molecular weight is 651 g/mol. The number of rotatable bonds is 12. The van der Waals surface area contributed by atoms with Gasteiger partial charge in [0.05, 0.1) is 11.6 Å². The summed E-state index contributed by atoms with van der Waals surface area (Å²) in [6, 6.07) is 16.3. The number of nitriles is 1. The van der Waals surface area contributed by atoms with E-state index in [-0.39, 0.29) is 48.4 Å². The number of nitrogens with one attached hydrogen (secondary N) is 1. The van der Waals surface area contributed by atoms with E-state index in [1.807, 2.05) is 25.1 Å². The molecule has 10 nitrogen and oxygen atoms in total. The first-order chi connectivity index (χ1) is 22.1. The minimum absolute atomic E-state index is 0.0208. The van der Waals surface area contributed by atoms with Crippen LogP contribution in [0.25, 0.3) is 6.08 Å². The van der Waals surface area contributed by atoms with Crippen LogP contribution in [0.2, 0.25) is 5.02 Å². The molecule has 0 aliphatic carbocycles. The van der Waals surface area contributed by atoms with E-state index >= 15 is 4.39 Å². The highest BCUT2D eigenvalue weighted by atomic mass is 35.5. The van der Waals surface area contributed by atoms with Crippen molar-refractivity contribution < 1.29 is 28.2 Å². The number of unbranched alkanes of at least 4 members (excludes halogenated alkanes) is 1. The molecule has 0 radical (unpaired) electrons. The van der Waals surface area contributed by atoms with Gasteiger partial charge in [0.1, 0.15) is 23.2 Å². The van der Waals surface area contributed by atoms with Crippen LogP contribution in [-0.2, 0) is 23.4 Å². The number of para-hydroxylation sites is 1. The number of carboxylic acid groups (broad SMARTS) is 1. The number of hydrogen-bond donors (Lipinski definition) is 2. The summed E-state index contributed by atoms with van der Waals surface area (Å²) in [6.45, 7) is 2.00. The van der Waals surface area contributed by atoms with E-state index in [0.29, 0.717) is 35.3 Å². The standard InChI is InChI=1S/C33H33ClF2N6O4/c1-3-4-17-33(41(20-37)42(33)21-46-24-10-6-5-7-11-24)30-25-18-28(38-32(44)45)40(19-23(25)13-15-26(30)35)39(2)29(43)16-14-22-9-8-12-27(36)31(22)34/h5-13,15,18,38H,3-4,14,16-17,19,21H2,1-2H3,(H,44,45). The minimum Gasteiger partial charge on any atom is -0.476 e. The number of hydrogen-bond acceptors (Lipinski definition) is 7. The van der Waals surface area contributed by atoms with Crippen LogP contribution in [0.15, 0.2) is 66.5 Å². The normalized spacial score (nSPS) is 18.3. The fourth-order valence-electron chi connectivity index (χ4n) is 5.83. The molecule has 1 saturated heterocycles. The zero-order chi connectivity index (χ0) is 33.0. The number of aryl methyl sites for hydroxylation is 1. The van der Waals surface area contributed by atoms with Gasteiger partial charge >= 0.3 is 6.09 Å². The second kappa shape index (κ2) is 13.6. The van der Waals surface area contributed by atoms with Gasteiger partial charge in [0.15, 0.2) is 18.6 Å². The maximum atomic E-state index is 16.0. The highest BCUT2D eigenvalue weighted by Gasteiger charge is 2.65. The van der Waals surface area contributed by atoms with Crippen molar-refractivity contribution in [1.29, 1.82) is 5.26 Å². The summed E-state index contributed by atoms with van der Waals surface area (Å²) in [5, 5.41) is 27.9. The largest absolute Gasteiger partial charge is 0.476 e. The summed E-state index contributed by atoms with van der Waals surface area (Å²) in [5.41, 5.74) is 0.538. The Kier molecular flexibility index (Phi) is 9.65. The molecule has 13 heteroatoms. The molecule has 1 fully saturated rings. The number of nitrogens with zero attached hydrogens (tertiary/aromatic N) is 5. The van der Waals surface area contributed by atoms with E-state index < -0.39 is 23.4 Å². The SMILES string of the molecule is CCCCC1(c2c(F)ccc3c2C=C(NC(=O)O)N(N(C)C(=O)CCc2cccc(F)c2Cl)C3)N(C#N)N1COc1ccccc1. The summed E-state index contributed by atoms with van der Waals surface area (Å²) in [7, 11) is 1.49. The van der Waals surface area contributed by atoms with E-state index in [1.54, 1.807) is 29.3 Å². The van der Waals surface area contributed by atoms with Crippen molar-refractivity contribution in [3.8, 4) is 11.9 Å². The van der Waals surface area contributed by atoms with Crippen LogP contribution in [0.1, 0.15) is 54.9 Å². The molecule has 2 aliphatic rings. The van der Waals surface area contributed by atoms with Crippen LogP contribution in [0.3, 0.4) is 0 Å². The van der Waals surface area contributed by atoms with Crippen molar-refractivity contribution in [1.82, 2.24) is 25.4 Å². The molecule has 5 rings (SSSR count). The fraction of sp³-hybridized carbons (Fsp3) is 0.303. The molecule has 0 saturated carbocycles. The number of hydrazine groups is 2. The lowest BCUT2D eigenvalue weighted by atomic mass is 9.88. The summed E-state index contributed by atoms with van der Waals surface area (Å²) in [5.74, 6) is -0.922. The van der Waals surface area contributed by atoms with Crippen molar-refractivity contribution in [2.24, 2.45) is 0 Å². The van der Waals surface area contributed by atoms with Crippen LogP contribution >= 0.6 is 11.6 Å². The zero-order valence-electron chi connectivity index (χ0n) is 25.3. The lowest BCUT2D eigenvalue weighted by Gasteiger charge is -2.38. The average Bonchev–Trinajstić information content (AvgIpc) is 3.68. The summed E-state index contributed by atoms with van der Waals surface area (Å²) < 4.78 is 35.9. The number of carbonyl (C=O) groups is 2. The molecule has 3 aromatic carbocycles. The molecule has 2 unspecified atom stereocenters. The summed E-state index contributed by atoms with van der Waals surface area (Å²) >= 11 is 6.06. The highest BCUT2D eigenvalue weighted by Crippen LogP contribution is 2.54. The number of fused-ring (bicyclic) bond motifs is 1. The van der Waals surface area contributed by atoms with Gasteiger partial charge in [0, 0.05) is 19.0 Å². The van der Waals surface area contributed by atoms with E-state index in [9.17, 15) is 24.3 Å². The number of carbonyl (C=O) groups excluding carboxylic acids is 1. The quantitative estimate of drug-likeness (QED) is 0.171. The molecular weight excluding hydrogens is 618 g/mol. The van der Waals surface area contributed by atoms with E-state index in [0.717, 1.165) is 6.42 Å². The van der Waals surface area contributed by atoms with Crippen LogP contribution in [-0.4, -0.2) is 50.9 Å². The number of halogens is 3. The van der Waals surface area contributed by atoms with Crippen LogP contribution in [0.4, 0.5) is 13.6 Å². The molecule has 3 aromatic rings. The molecule has 0 spiro atoms. The van der Waals surface area contributed by atoms with E-state index in [4.69, 9.17) is 16.3 Å². The first-order valence-corrected chi connectivity index (χ1v) is 15.2. The minimum atomic E-state index is -1.38. The molecular formula is C33H33ClF2N6O4. The summed E-state index contributed by atoms with van der Waals surface area (Å²) in [6.07, 6.45) is 4.26. The lowest BCUT2D eigenvalue weighted by molar-refractivity contribution is -0.143. The third kappa shape index (κ3) is 6.29. The van der Waals surface area contributed by atoms with Crippen molar-refractivity contribution in [3.05, 3.63) is 105 Å². The number of amides is 2.